The average Bonchev–Trinajstić information content (AvgIpc) is 2.41. The van der Waals surface area contributed by atoms with Gasteiger partial charge in [0.25, 0.3) is 0 Å². The van der Waals surface area contributed by atoms with Crippen LogP contribution in [-0.4, -0.2) is 54.3 Å². The van der Waals surface area contributed by atoms with Crippen molar-refractivity contribution < 1.29 is 9.59 Å². The first-order chi connectivity index (χ1) is 6.65. The molecule has 1 saturated heterocycles. The van der Waals surface area contributed by atoms with Gasteiger partial charge in [-0.3, -0.25) is 9.59 Å². The molecule has 5 heteroatoms. The van der Waals surface area contributed by atoms with Gasteiger partial charge in [0.05, 0.1) is 6.54 Å². The minimum absolute atomic E-state index is 0.0320. The lowest BCUT2D eigenvalue weighted by atomic mass is 10.3. The zero-order chi connectivity index (χ0) is 10.6. The maximum absolute atomic E-state index is 11.3. The normalized spacial score (nSPS) is 17.9. The topological polar surface area (TPSA) is 66.6 Å². The number of hydrogen-bond acceptors (Lipinski definition) is 3. The van der Waals surface area contributed by atoms with Crippen LogP contribution in [0.2, 0.25) is 0 Å². The Morgan fingerprint density at radius 1 is 1.14 bits per heavy atom. The summed E-state index contributed by atoms with van der Waals surface area (Å²) in [6, 6.07) is 0. The molecule has 1 heterocycles. The minimum atomic E-state index is -0.0320. The standard InChI is InChI=1S/C9H17N3O2/c1-8(13)11-3-2-4-12(6-5-11)9(14)7-10/h2-7,10H2,1H3. The van der Waals surface area contributed by atoms with Gasteiger partial charge < -0.3 is 15.5 Å². The number of nitrogens with zero attached hydrogens (tertiary/aromatic N) is 2. The summed E-state index contributed by atoms with van der Waals surface area (Å²) in [6.45, 7) is 4.29. The van der Waals surface area contributed by atoms with Crippen LogP contribution >= 0.6 is 0 Å². The van der Waals surface area contributed by atoms with Crippen molar-refractivity contribution in [1.82, 2.24) is 9.80 Å². The maximum Gasteiger partial charge on any atom is 0.236 e. The van der Waals surface area contributed by atoms with Gasteiger partial charge in [0.15, 0.2) is 0 Å². The van der Waals surface area contributed by atoms with Gasteiger partial charge in [0, 0.05) is 33.1 Å². The highest BCUT2D eigenvalue weighted by molar-refractivity contribution is 5.78. The second kappa shape index (κ2) is 4.95. The third-order valence-electron chi connectivity index (χ3n) is 2.47. The Morgan fingerprint density at radius 2 is 1.71 bits per heavy atom. The fourth-order valence-corrected chi connectivity index (χ4v) is 1.61. The fourth-order valence-electron chi connectivity index (χ4n) is 1.61. The molecule has 1 fully saturated rings. The van der Waals surface area contributed by atoms with E-state index in [2.05, 4.69) is 0 Å². The van der Waals surface area contributed by atoms with Crippen LogP contribution in [0.5, 0.6) is 0 Å². The molecule has 0 radical (unpaired) electrons. The van der Waals surface area contributed by atoms with Gasteiger partial charge >= 0.3 is 0 Å². The molecule has 0 atom stereocenters. The summed E-state index contributed by atoms with van der Waals surface area (Å²) in [5.41, 5.74) is 5.28. The van der Waals surface area contributed by atoms with Gasteiger partial charge in [-0.05, 0) is 6.42 Å². The summed E-state index contributed by atoms with van der Waals surface area (Å²) in [5, 5.41) is 0. The molecule has 0 aromatic carbocycles. The number of rotatable bonds is 1. The first-order valence-corrected chi connectivity index (χ1v) is 4.88. The van der Waals surface area contributed by atoms with Crippen molar-refractivity contribution in [3.63, 3.8) is 0 Å². The molecule has 0 saturated carbocycles. The molecule has 0 aromatic heterocycles. The quantitative estimate of drug-likeness (QED) is 0.590. The molecule has 14 heavy (non-hydrogen) atoms. The van der Waals surface area contributed by atoms with E-state index < -0.39 is 0 Å². The number of amides is 2. The van der Waals surface area contributed by atoms with Crippen molar-refractivity contribution in [2.24, 2.45) is 5.73 Å². The summed E-state index contributed by atoms with van der Waals surface area (Å²) < 4.78 is 0. The Balaban J connectivity index is 2.48. The number of carbonyl (C=O) groups is 2. The SMILES string of the molecule is CC(=O)N1CCCN(C(=O)CN)CC1. The second-order valence-corrected chi connectivity index (χ2v) is 3.44. The molecule has 80 valence electrons. The van der Waals surface area contributed by atoms with E-state index in [1.54, 1.807) is 16.7 Å². The highest BCUT2D eigenvalue weighted by atomic mass is 16.2. The first kappa shape index (κ1) is 11.0. The van der Waals surface area contributed by atoms with Crippen LogP contribution in [0.25, 0.3) is 0 Å². The van der Waals surface area contributed by atoms with E-state index in [9.17, 15) is 9.59 Å². The third-order valence-corrected chi connectivity index (χ3v) is 2.47. The van der Waals surface area contributed by atoms with Crippen LogP contribution in [0.15, 0.2) is 0 Å². The average molecular weight is 199 g/mol. The predicted octanol–water partition coefficient (Wildman–Crippen LogP) is -0.974. The third kappa shape index (κ3) is 2.70. The van der Waals surface area contributed by atoms with Gasteiger partial charge in [-0.2, -0.15) is 0 Å². The molecular weight excluding hydrogens is 182 g/mol. The summed E-state index contributed by atoms with van der Waals surface area (Å²) in [4.78, 5) is 25.9. The minimum Gasteiger partial charge on any atom is -0.341 e. The Kier molecular flexibility index (Phi) is 3.88. The molecule has 2 N–H and O–H groups in total. The summed E-state index contributed by atoms with van der Waals surface area (Å²) in [5.74, 6) is 0.0439. The molecule has 0 aromatic rings. The van der Waals surface area contributed by atoms with E-state index in [1.165, 1.54) is 0 Å². The molecule has 2 amide bonds. The Morgan fingerprint density at radius 3 is 2.29 bits per heavy atom. The smallest absolute Gasteiger partial charge is 0.236 e. The molecule has 1 rings (SSSR count). The van der Waals surface area contributed by atoms with Crippen molar-refractivity contribution >= 4 is 11.8 Å². The molecule has 1 aliphatic heterocycles. The van der Waals surface area contributed by atoms with E-state index in [-0.39, 0.29) is 18.4 Å². The summed E-state index contributed by atoms with van der Waals surface area (Å²) in [6.07, 6.45) is 0.839. The van der Waals surface area contributed by atoms with E-state index in [1.807, 2.05) is 0 Å². The molecule has 0 unspecified atom stereocenters. The van der Waals surface area contributed by atoms with Gasteiger partial charge in [0.2, 0.25) is 11.8 Å². The fraction of sp³-hybridized carbons (Fsp3) is 0.778. The zero-order valence-corrected chi connectivity index (χ0v) is 8.53. The van der Waals surface area contributed by atoms with E-state index in [0.29, 0.717) is 19.6 Å². The van der Waals surface area contributed by atoms with Crippen LogP contribution in [0.1, 0.15) is 13.3 Å². The van der Waals surface area contributed by atoms with Gasteiger partial charge in [-0.15, -0.1) is 0 Å². The molecular formula is C9H17N3O2. The van der Waals surface area contributed by atoms with Crippen molar-refractivity contribution in [2.75, 3.05) is 32.7 Å². The number of carbonyl (C=O) groups excluding carboxylic acids is 2. The molecule has 0 aliphatic carbocycles. The number of nitrogens with two attached hydrogens (primary N) is 1. The number of hydrogen-bond donors (Lipinski definition) is 1. The molecule has 5 nitrogen and oxygen atoms in total. The van der Waals surface area contributed by atoms with E-state index in [0.717, 1.165) is 13.0 Å². The maximum atomic E-state index is 11.3. The van der Waals surface area contributed by atoms with Gasteiger partial charge in [0.1, 0.15) is 0 Å². The Hall–Kier alpha value is -1.10. The van der Waals surface area contributed by atoms with Crippen LogP contribution in [-0.2, 0) is 9.59 Å². The lowest BCUT2D eigenvalue weighted by Crippen LogP contribution is -2.39. The van der Waals surface area contributed by atoms with E-state index >= 15 is 0 Å². The lowest BCUT2D eigenvalue weighted by molar-refractivity contribution is -0.131. The van der Waals surface area contributed by atoms with Crippen molar-refractivity contribution in [3.05, 3.63) is 0 Å². The summed E-state index contributed by atoms with van der Waals surface area (Å²) in [7, 11) is 0. The zero-order valence-electron chi connectivity index (χ0n) is 8.53. The highest BCUT2D eigenvalue weighted by Gasteiger charge is 2.18. The van der Waals surface area contributed by atoms with Crippen molar-refractivity contribution in [1.29, 1.82) is 0 Å². The second-order valence-electron chi connectivity index (χ2n) is 3.44. The van der Waals surface area contributed by atoms with E-state index in [4.69, 9.17) is 5.73 Å². The predicted molar refractivity (Wildman–Crippen MR) is 52.5 cm³/mol. The van der Waals surface area contributed by atoms with Gasteiger partial charge in [-0.25, -0.2) is 0 Å². The first-order valence-electron chi connectivity index (χ1n) is 4.88. The Bertz CT molecular complexity index is 230. The summed E-state index contributed by atoms with van der Waals surface area (Å²) >= 11 is 0. The molecule has 0 spiro atoms. The van der Waals surface area contributed by atoms with Crippen LogP contribution in [0, 0.1) is 0 Å². The van der Waals surface area contributed by atoms with Crippen LogP contribution in [0.4, 0.5) is 0 Å². The van der Waals surface area contributed by atoms with Crippen LogP contribution < -0.4 is 5.73 Å². The van der Waals surface area contributed by atoms with Gasteiger partial charge in [-0.1, -0.05) is 0 Å². The molecule has 0 bridgehead atoms. The molecule has 1 aliphatic rings. The van der Waals surface area contributed by atoms with Crippen molar-refractivity contribution in [3.8, 4) is 0 Å². The van der Waals surface area contributed by atoms with Crippen molar-refractivity contribution in [2.45, 2.75) is 13.3 Å². The Labute approximate surface area is 83.8 Å². The monoisotopic (exact) mass is 199 g/mol. The highest BCUT2D eigenvalue weighted by Crippen LogP contribution is 2.03. The largest absolute Gasteiger partial charge is 0.341 e. The van der Waals surface area contributed by atoms with Crippen LogP contribution in [0.3, 0.4) is 0 Å². The lowest BCUT2D eigenvalue weighted by Gasteiger charge is -2.20.